The minimum absolute atomic E-state index is 0. The minimum atomic E-state index is -0.267. The zero-order valence-corrected chi connectivity index (χ0v) is 11.2. The Morgan fingerprint density at radius 1 is 1.44 bits per heavy atom. The third-order valence-electron chi connectivity index (χ3n) is 3.09. The van der Waals surface area contributed by atoms with Crippen LogP contribution in [-0.4, -0.2) is 36.5 Å². The van der Waals surface area contributed by atoms with Crippen LogP contribution in [-0.2, 0) is 11.2 Å². The van der Waals surface area contributed by atoms with Gasteiger partial charge in [0.2, 0.25) is 5.91 Å². The minimum Gasteiger partial charge on any atom is -0.337 e. The van der Waals surface area contributed by atoms with Gasteiger partial charge in [0, 0.05) is 25.7 Å². The van der Waals surface area contributed by atoms with Gasteiger partial charge in [-0.2, -0.15) is 0 Å². The van der Waals surface area contributed by atoms with E-state index in [2.05, 4.69) is 5.32 Å². The Kier molecular flexibility index (Phi) is 5.56. The van der Waals surface area contributed by atoms with Crippen molar-refractivity contribution in [2.24, 2.45) is 0 Å². The molecular weight excluding hydrogens is 255 g/mol. The van der Waals surface area contributed by atoms with Crippen molar-refractivity contribution in [3.8, 4) is 0 Å². The van der Waals surface area contributed by atoms with E-state index in [9.17, 15) is 9.18 Å². The summed E-state index contributed by atoms with van der Waals surface area (Å²) < 4.78 is 12.7. The molecule has 1 aliphatic rings. The van der Waals surface area contributed by atoms with Crippen LogP contribution >= 0.6 is 12.4 Å². The molecular formula is C13H18ClFN2O. The Balaban J connectivity index is 0.00000162. The summed E-state index contributed by atoms with van der Waals surface area (Å²) in [6.07, 6.45) is 0.352. The number of hydrogen-bond donors (Lipinski definition) is 1. The van der Waals surface area contributed by atoms with Crippen molar-refractivity contribution >= 4 is 18.3 Å². The zero-order chi connectivity index (χ0) is 12.3. The molecule has 1 atom stereocenters. The Hall–Kier alpha value is -1.13. The predicted octanol–water partition coefficient (Wildman–Crippen LogP) is 1.61. The van der Waals surface area contributed by atoms with E-state index in [0.29, 0.717) is 6.42 Å². The number of nitrogens with zero attached hydrogens (tertiary/aromatic N) is 1. The highest BCUT2D eigenvalue weighted by Gasteiger charge is 2.22. The molecule has 1 aromatic rings. The van der Waals surface area contributed by atoms with E-state index in [1.165, 1.54) is 12.1 Å². The highest BCUT2D eigenvalue weighted by Crippen LogP contribution is 2.09. The highest BCUT2D eigenvalue weighted by molar-refractivity contribution is 5.85. The van der Waals surface area contributed by atoms with Gasteiger partial charge in [0.15, 0.2) is 0 Å². The molecule has 18 heavy (non-hydrogen) atoms. The monoisotopic (exact) mass is 272 g/mol. The van der Waals surface area contributed by atoms with Crippen molar-refractivity contribution in [1.29, 1.82) is 0 Å². The number of hydrogen-bond acceptors (Lipinski definition) is 2. The van der Waals surface area contributed by atoms with Crippen LogP contribution in [0.1, 0.15) is 12.5 Å². The van der Waals surface area contributed by atoms with Crippen LogP contribution < -0.4 is 5.32 Å². The van der Waals surface area contributed by atoms with Crippen molar-refractivity contribution in [3.63, 3.8) is 0 Å². The summed E-state index contributed by atoms with van der Waals surface area (Å²) in [4.78, 5) is 14.0. The number of amides is 1. The fraction of sp³-hybridized carbons (Fsp3) is 0.462. The molecule has 0 bridgehead atoms. The van der Waals surface area contributed by atoms with Crippen molar-refractivity contribution in [2.45, 2.75) is 19.4 Å². The first kappa shape index (κ1) is 14.9. The molecule has 1 N–H and O–H groups in total. The predicted molar refractivity (Wildman–Crippen MR) is 71.4 cm³/mol. The first-order valence-electron chi connectivity index (χ1n) is 5.91. The first-order valence-corrected chi connectivity index (χ1v) is 5.91. The Morgan fingerprint density at radius 3 is 2.72 bits per heavy atom. The quantitative estimate of drug-likeness (QED) is 0.887. The van der Waals surface area contributed by atoms with Gasteiger partial charge in [-0.1, -0.05) is 12.1 Å². The van der Waals surface area contributed by atoms with Gasteiger partial charge in [0.05, 0.1) is 6.42 Å². The van der Waals surface area contributed by atoms with Crippen LogP contribution in [0.25, 0.3) is 0 Å². The number of halogens is 2. The molecule has 0 spiro atoms. The topological polar surface area (TPSA) is 32.3 Å². The molecule has 0 radical (unpaired) electrons. The molecule has 5 heteroatoms. The van der Waals surface area contributed by atoms with Gasteiger partial charge in [-0.25, -0.2) is 4.39 Å². The van der Waals surface area contributed by atoms with Gasteiger partial charge < -0.3 is 10.2 Å². The van der Waals surface area contributed by atoms with Gasteiger partial charge in [-0.05, 0) is 24.6 Å². The fourth-order valence-corrected chi connectivity index (χ4v) is 2.09. The Bertz CT molecular complexity index is 396. The number of rotatable bonds is 2. The second-order valence-electron chi connectivity index (χ2n) is 4.44. The maximum atomic E-state index is 12.7. The van der Waals surface area contributed by atoms with Crippen LogP contribution in [0.5, 0.6) is 0 Å². The van der Waals surface area contributed by atoms with Crippen LogP contribution in [0.4, 0.5) is 4.39 Å². The lowest BCUT2D eigenvalue weighted by atomic mass is 10.1. The van der Waals surface area contributed by atoms with E-state index in [1.807, 2.05) is 11.8 Å². The summed E-state index contributed by atoms with van der Waals surface area (Å²) in [6, 6.07) is 6.35. The summed E-state index contributed by atoms with van der Waals surface area (Å²) in [5.74, 6) is -0.151. The molecule has 1 amide bonds. The van der Waals surface area contributed by atoms with Crippen molar-refractivity contribution < 1.29 is 9.18 Å². The summed E-state index contributed by atoms with van der Waals surface area (Å²) in [7, 11) is 0. The Morgan fingerprint density at radius 2 is 2.11 bits per heavy atom. The number of carbonyl (C=O) groups excluding carboxylic acids is 1. The lowest BCUT2D eigenvalue weighted by Crippen LogP contribution is -2.52. The SMILES string of the molecule is C[C@H]1CNCCN1C(=O)Cc1ccc(F)cc1.Cl. The van der Waals surface area contributed by atoms with E-state index in [4.69, 9.17) is 0 Å². The lowest BCUT2D eigenvalue weighted by Gasteiger charge is -2.34. The average molecular weight is 273 g/mol. The summed E-state index contributed by atoms with van der Waals surface area (Å²) >= 11 is 0. The van der Waals surface area contributed by atoms with Crippen LogP contribution in [0.3, 0.4) is 0 Å². The van der Waals surface area contributed by atoms with E-state index in [-0.39, 0.29) is 30.2 Å². The molecule has 2 rings (SSSR count). The molecule has 1 saturated heterocycles. The molecule has 1 fully saturated rings. The number of piperazine rings is 1. The smallest absolute Gasteiger partial charge is 0.227 e. The second-order valence-corrected chi connectivity index (χ2v) is 4.44. The van der Waals surface area contributed by atoms with Gasteiger partial charge in [-0.3, -0.25) is 4.79 Å². The maximum Gasteiger partial charge on any atom is 0.227 e. The third kappa shape index (κ3) is 3.68. The number of nitrogens with one attached hydrogen (secondary N) is 1. The normalized spacial score (nSPS) is 19.2. The molecule has 1 aromatic carbocycles. The zero-order valence-electron chi connectivity index (χ0n) is 10.4. The molecule has 100 valence electrons. The van der Waals surface area contributed by atoms with E-state index in [0.717, 1.165) is 25.2 Å². The first-order chi connectivity index (χ1) is 8.16. The molecule has 1 aliphatic heterocycles. The van der Waals surface area contributed by atoms with Gasteiger partial charge in [-0.15, -0.1) is 12.4 Å². The maximum absolute atomic E-state index is 12.7. The molecule has 0 saturated carbocycles. The third-order valence-corrected chi connectivity index (χ3v) is 3.09. The van der Waals surface area contributed by atoms with Crippen molar-refractivity contribution in [3.05, 3.63) is 35.6 Å². The van der Waals surface area contributed by atoms with Crippen LogP contribution in [0.15, 0.2) is 24.3 Å². The van der Waals surface area contributed by atoms with Crippen LogP contribution in [0, 0.1) is 5.82 Å². The fourth-order valence-electron chi connectivity index (χ4n) is 2.09. The lowest BCUT2D eigenvalue weighted by molar-refractivity contribution is -0.133. The van der Waals surface area contributed by atoms with E-state index < -0.39 is 0 Å². The molecule has 0 unspecified atom stereocenters. The van der Waals surface area contributed by atoms with Crippen LogP contribution in [0.2, 0.25) is 0 Å². The van der Waals surface area contributed by atoms with E-state index >= 15 is 0 Å². The molecule has 0 aromatic heterocycles. The number of benzene rings is 1. The average Bonchev–Trinajstić information content (AvgIpc) is 2.32. The molecule has 0 aliphatic carbocycles. The van der Waals surface area contributed by atoms with Crippen molar-refractivity contribution in [1.82, 2.24) is 10.2 Å². The summed E-state index contributed by atoms with van der Waals surface area (Å²) in [5, 5.41) is 3.25. The summed E-state index contributed by atoms with van der Waals surface area (Å²) in [6.45, 7) is 4.48. The van der Waals surface area contributed by atoms with Crippen molar-refractivity contribution in [2.75, 3.05) is 19.6 Å². The molecule has 1 heterocycles. The van der Waals surface area contributed by atoms with E-state index in [1.54, 1.807) is 12.1 Å². The second kappa shape index (κ2) is 6.71. The van der Waals surface area contributed by atoms with Gasteiger partial charge in [0.25, 0.3) is 0 Å². The largest absolute Gasteiger partial charge is 0.337 e. The number of carbonyl (C=O) groups is 1. The summed E-state index contributed by atoms with van der Waals surface area (Å²) in [5.41, 5.74) is 0.863. The standard InChI is InChI=1S/C13H17FN2O.ClH/c1-10-9-15-6-7-16(10)13(17)8-11-2-4-12(14)5-3-11;/h2-5,10,15H,6-9H2,1H3;1H/t10-;/m0./s1. The van der Waals surface area contributed by atoms with Gasteiger partial charge >= 0.3 is 0 Å². The molecule has 3 nitrogen and oxygen atoms in total. The Labute approximate surface area is 113 Å². The highest BCUT2D eigenvalue weighted by atomic mass is 35.5. The van der Waals surface area contributed by atoms with Gasteiger partial charge in [0.1, 0.15) is 5.82 Å².